The number of hydrogen-bond acceptors (Lipinski definition) is 6. The molecule has 1 amide bonds. The number of carbonyl (C=O) groups excluding carboxylic acids is 1. The van der Waals surface area contributed by atoms with Gasteiger partial charge in [-0.3, -0.25) is 4.79 Å². The maximum atomic E-state index is 13.1. The van der Waals surface area contributed by atoms with Crippen LogP contribution in [-0.2, 0) is 19.7 Å². The second-order valence-corrected chi connectivity index (χ2v) is 9.07. The summed E-state index contributed by atoms with van der Waals surface area (Å²) in [6.07, 6.45) is 12.0. The molecule has 7 heteroatoms. The Balaban J connectivity index is 1.50. The van der Waals surface area contributed by atoms with E-state index in [-0.39, 0.29) is 17.2 Å². The molecule has 2 fully saturated rings. The van der Waals surface area contributed by atoms with Crippen LogP contribution in [0.3, 0.4) is 0 Å². The van der Waals surface area contributed by atoms with E-state index in [9.17, 15) is 4.79 Å². The first kappa shape index (κ1) is 21.5. The second kappa shape index (κ2) is 10.1. The van der Waals surface area contributed by atoms with E-state index in [0.29, 0.717) is 19.6 Å². The Bertz CT molecular complexity index is 741. The molecule has 0 spiro atoms. The van der Waals surface area contributed by atoms with Gasteiger partial charge in [0.2, 0.25) is 11.8 Å². The Kier molecular flexibility index (Phi) is 7.20. The third kappa shape index (κ3) is 4.94. The van der Waals surface area contributed by atoms with Gasteiger partial charge in [-0.25, -0.2) is 0 Å². The summed E-state index contributed by atoms with van der Waals surface area (Å²) in [5, 5.41) is 4.42. The van der Waals surface area contributed by atoms with Crippen molar-refractivity contribution in [2.75, 3.05) is 40.0 Å². The number of nitrogens with zero attached hydrogens (tertiary/aromatic N) is 3. The van der Waals surface area contributed by atoms with Crippen LogP contribution in [0.25, 0.3) is 0 Å². The summed E-state index contributed by atoms with van der Waals surface area (Å²) >= 11 is 0. The van der Waals surface area contributed by atoms with Crippen molar-refractivity contribution in [3.8, 4) is 0 Å². The molecule has 1 aromatic heterocycles. The number of aromatic nitrogens is 2. The maximum absolute atomic E-state index is 13.1. The summed E-state index contributed by atoms with van der Waals surface area (Å²) in [4.78, 5) is 20.0. The molecule has 1 atom stereocenters. The number of allylic oxidation sites excluding steroid dienone is 1. The van der Waals surface area contributed by atoms with E-state index < -0.39 is 0 Å². The van der Waals surface area contributed by atoms with Crippen molar-refractivity contribution in [3.63, 3.8) is 0 Å². The number of likely N-dealkylation sites (tertiary alicyclic amines) is 1. The highest BCUT2D eigenvalue weighted by Gasteiger charge is 2.42. The molecule has 0 saturated carbocycles. The summed E-state index contributed by atoms with van der Waals surface area (Å²) < 4.78 is 16.6. The Morgan fingerprint density at radius 3 is 2.93 bits per heavy atom. The van der Waals surface area contributed by atoms with Crippen LogP contribution in [0, 0.1) is 0 Å². The predicted octanol–water partition coefficient (Wildman–Crippen LogP) is 3.75. The molecule has 2 aliphatic heterocycles. The molecule has 0 bridgehead atoms. The molecule has 3 aliphatic rings. The first-order valence-electron chi connectivity index (χ1n) is 11.6. The van der Waals surface area contributed by atoms with Gasteiger partial charge in [0.1, 0.15) is 0 Å². The fourth-order valence-electron chi connectivity index (χ4n) is 5.07. The quantitative estimate of drug-likeness (QED) is 0.629. The largest absolute Gasteiger partial charge is 0.385 e. The molecule has 2 saturated heterocycles. The Hall–Kier alpha value is -1.73. The van der Waals surface area contributed by atoms with E-state index >= 15 is 0 Å². The van der Waals surface area contributed by atoms with Gasteiger partial charge in [0.05, 0.1) is 5.41 Å². The Morgan fingerprint density at radius 2 is 2.17 bits per heavy atom. The number of hydrogen-bond donors (Lipinski definition) is 0. The second-order valence-electron chi connectivity index (χ2n) is 9.07. The first-order chi connectivity index (χ1) is 14.7. The van der Waals surface area contributed by atoms with E-state index in [1.807, 2.05) is 4.90 Å². The molecule has 0 radical (unpaired) electrons. The fourth-order valence-corrected chi connectivity index (χ4v) is 5.07. The zero-order valence-corrected chi connectivity index (χ0v) is 18.2. The Labute approximate surface area is 179 Å². The van der Waals surface area contributed by atoms with E-state index in [1.165, 1.54) is 18.4 Å². The molecule has 3 heterocycles. The molecule has 166 valence electrons. The summed E-state index contributed by atoms with van der Waals surface area (Å²) in [5.41, 5.74) is 1.01. The number of rotatable bonds is 7. The van der Waals surface area contributed by atoms with Gasteiger partial charge in [-0.2, -0.15) is 4.98 Å². The smallest absolute Gasteiger partial charge is 0.229 e. The molecular weight excluding hydrogens is 382 g/mol. The molecule has 4 rings (SSSR count). The number of ether oxygens (including phenoxy) is 2. The minimum atomic E-state index is -0.294. The Morgan fingerprint density at radius 1 is 1.30 bits per heavy atom. The maximum Gasteiger partial charge on any atom is 0.229 e. The number of piperidine rings is 1. The molecule has 30 heavy (non-hydrogen) atoms. The molecule has 0 N–H and O–H groups in total. The van der Waals surface area contributed by atoms with Crippen LogP contribution in [0.15, 0.2) is 16.2 Å². The zero-order chi connectivity index (χ0) is 20.8. The van der Waals surface area contributed by atoms with Gasteiger partial charge in [-0.15, -0.1) is 0 Å². The molecule has 7 nitrogen and oxygen atoms in total. The van der Waals surface area contributed by atoms with Gasteiger partial charge >= 0.3 is 0 Å². The van der Waals surface area contributed by atoms with Crippen LogP contribution >= 0.6 is 0 Å². The summed E-state index contributed by atoms with van der Waals surface area (Å²) in [7, 11) is 1.72. The van der Waals surface area contributed by atoms with Crippen LogP contribution in [0.4, 0.5) is 0 Å². The number of amides is 1. The van der Waals surface area contributed by atoms with Crippen molar-refractivity contribution in [2.24, 2.45) is 0 Å². The van der Waals surface area contributed by atoms with E-state index in [4.69, 9.17) is 19.0 Å². The lowest BCUT2D eigenvalue weighted by atomic mass is 9.76. The molecule has 1 unspecified atom stereocenters. The van der Waals surface area contributed by atoms with Crippen LogP contribution in [-0.4, -0.2) is 61.0 Å². The third-order valence-electron chi connectivity index (χ3n) is 6.96. The van der Waals surface area contributed by atoms with Crippen molar-refractivity contribution in [1.29, 1.82) is 0 Å². The van der Waals surface area contributed by atoms with Gasteiger partial charge in [0.25, 0.3) is 0 Å². The summed E-state index contributed by atoms with van der Waals surface area (Å²) in [6, 6.07) is 0. The van der Waals surface area contributed by atoms with E-state index in [2.05, 4.69) is 11.2 Å². The van der Waals surface area contributed by atoms with Gasteiger partial charge in [0, 0.05) is 52.4 Å². The van der Waals surface area contributed by atoms with Crippen LogP contribution in [0.5, 0.6) is 0 Å². The predicted molar refractivity (Wildman–Crippen MR) is 112 cm³/mol. The SMILES string of the molecule is COCCC1(c2noc(C3CCOCC3)n2)CCCN(C(=O)CC2=CCCCC2)C1. The normalized spacial score (nSPS) is 25.9. The zero-order valence-electron chi connectivity index (χ0n) is 18.2. The van der Waals surface area contributed by atoms with E-state index in [0.717, 1.165) is 76.4 Å². The minimum absolute atomic E-state index is 0.234. The minimum Gasteiger partial charge on any atom is -0.385 e. The third-order valence-corrected chi connectivity index (χ3v) is 6.96. The highest BCUT2D eigenvalue weighted by atomic mass is 16.5. The van der Waals surface area contributed by atoms with E-state index in [1.54, 1.807) is 7.11 Å². The van der Waals surface area contributed by atoms with Gasteiger partial charge in [-0.05, 0) is 57.8 Å². The molecule has 1 aliphatic carbocycles. The van der Waals surface area contributed by atoms with Crippen molar-refractivity contribution < 1.29 is 18.8 Å². The summed E-state index contributed by atoms with van der Waals surface area (Å²) in [6.45, 7) is 3.57. The van der Waals surface area contributed by atoms with Crippen molar-refractivity contribution >= 4 is 5.91 Å². The van der Waals surface area contributed by atoms with Crippen molar-refractivity contribution in [2.45, 2.75) is 75.5 Å². The average molecular weight is 418 g/mol. The van der Waals surface area contributed by atoms with Crippen molar-refractivity contribution in [3.05, 3.63) is 23.4 Å². The highest BCUT2D eigenvalue weighted by molar-refractivity contribution is 5.79. The van der Waals surface area contributed by atoms with Crippen LogP contribution in [0.1, 0.15) is 81.8 Å². The van der Waals surface area contributed by atoms with Crippen LogP contribution in [0.2, 0.25) is 0 Å². The lowest BCUT2D eigenvalue weighted by molar-refractivity contribution is -0.133. The molecule has 1 aromatic rings. The number of methoxy groups -OCH3 is 1. The lowest BCUT2D eigenvalue weighted by Gasteiger charge is -2.41. The fraction of sp³-hybridized carbons (Fsp3) is 0.783. The van der Waals surface area contributed by atoms with Crippen molar-refractivity contribution in [1.82, 2.24) is 15.0 Å². The average Bonchev–Trinajstić information content (AvgIpc) is 3.30. The first-order valence-corrected chi connectivity index (χ1v) is 11.6. The standard InChI is InChI=1S/C23H35N3O4/c1-28-15-11-23(22-24-21(30-25-22)19-8-13-29-14-9-19)10-5-12-26(17-23)20(27)16-18-6-3-2-4-7-18/h6,19H,2-5,7-17H2,1H3. The van der Waals surface area contributed by atoms with Gasteiger partial charge in [-0.1, -0.05) is 16.8 Å². The van der Waals surface area contributed by atoms with Crippen LogP contribution < -0.4 is 0 Å². The summed E-state index contributed by atoms with van der Waals surface area (Å²) in [5.74, 6) is 1.98. The highest BCUT2D eigenvalue weighted by Crippen LogP contribution is 2.38. The topological polar surface area (TPSA) is 77.7 Å². The van der Waals surface area contributed by atoms with Gasteiger partial charge in [0.15, 0.2) is 5.82 Å². The van der Waals surface area contributed by atoms with Gasteiger partial charge < -0.3 is 18.9 Å². The molecular formula is C23H35N3O4. The molecule has 0 aromatic carbocycles. The lowest BCUT2D eigenvalue weighted by Crippen LogP contribution is -2.49. The monoisotopic (exact) mass is 417 g/mol. The number of carbonyl (C=O) groups is 1.